The Bertz CT molecular complexity index is 602. The zero-order valence-electron chi connectivity index (χ0n) is 12.3. The molecule has 2 aromatic rings. The number of carbonyl (C=O) groups is 1. The van der Waals surface area contributed by atoms with E-state index in [9.17, 15) is 9.18 Å². The van der Waals surface area contributed by atoms with Crippen LogP contribution in [0.15, 0.2) is 35.7 Å². The van der Waals surface area contributed by atoms with Crippen LogP contribution in [0.25, 0.3) is 0 Å². The largest absolute Gasteiger partial charge is 0.494 e. The van der Waals surface area contributed by atoms with Gasteiger partial charge in [-0.15, -0.1) is 11.3 Å². The van der Waals surface area contributed by atoms with Crippen molar-refractivity contribution in [1.82, 2.24) is 5.32 Å². The molecule has 0 unspecified atom stereocenters. The smallest absolute Gasteiger partial charge is 0.224 e. The normalized spacial score (nSPS) is 10.5. The van der Waals surface area contributed by atoms with Crippen molar-refractivity contribution >= 4 is 29.0 Å². The average molecular weight is 339 g/mol. The first-order valence-corrected chi connectivity index (χ1v) is 8.91. The second-order valence-electron chi connectivity index (χ2n) is 4.63. The second kappa shape index (κ2) is 8.80. The molecular formula is C16H18FNO2S2. The maximum Gasteiger partial charge on any atom is 0.224 e. The van der Waals surface area contributed by atoms with Gasteiger partial charge in [0, 0.05) is 22.9 Å². The maximum atomic E-state index is 13.5. The van der Waals surface area contributed by atoms with E-state index in [1.165, 1.54) is 24.1 Å². The van der Waals surface area contributed by atoms with Crippen LogP contribution in [0.2, 0.25) is 0 Å². The molecule has 0 fully saturated rings. The lowest BCUT2D eigenvalue weighted by Crippen LogP contribution is -2.27. The van der Waals surface area contributed by atoms with E-state index < -0.39 is 5.82 Å². The Kier molecular flexibility index (Phi) is 6.74. The van der Waals surface area contributed by atoms with Crippen LogP contribution in [0, 0.1) is 5.82 Å². The third kappa shape index (κ3) is 5.35. The highest BCUT2D eigenvalue weighted by Gasteiger charge is 2.07. The third-order valence-corrected chi connectivity index (χ3v) is 5.04. The molecular weight excluding hydrogens is 321 g/mol. The topological polar surface area (TPSA) is 38.3 Å². The maximum absolute atomic E-state index is 13.5. The van der Waals surface area contributed by atoms with Gasteiger partial charge in [0.15, 0.2) is 11.6 Å². The van der Waals surface area contributed by atoms with Gasteiger partial charge in [0.2, 0.25) is 5.91 Å². The summed E-state index contributed by atoms with van der Waals surface area (Å²) >= 11 is 3.53. The molecule has 2 rings (SSSR count). The quantitative estimate of drug-likeness (QED) is 0.748. The highest BCUT2D eigenvalue weighted by Crippen LogP contribution is 2.18. The van der Waals surface area contributed by atoms with E-state index in [0.717, 1.165) is 11.5 Å². The molecule has 0 saturated heterocycles. The number of hydrogen-bond donors (Lipinski definition) is 1. The predicted molar refractivity (Wildman–Crippen MR) is 90.1 cm³/mol. The summed E-state index contributed by atoms with van der Waals surface area (Å²) in [5, 5.41) is 4.91. The molecule has 0 spiro atoms. The molecule has 0 aliphatic carbocycles. The number of amides is 1. The average Bonchev–Trinajstić information content (AvgIpc) is 3.00. The van der Waals surface area contributed by atoms with E-state index in [-0.39, 0.29) is 18.1 Å². The van der Waals surface area contributed by atoms with Crippen molar-refractivity contribution in [3.05, 3.63) is 52.0 Å². The van der Waals surface area contributed by atoms with Gasteiger partial charge in [-0.05, 0) is 29.1 Å². The Morgan fingerprint density at radius 3 is 2.95 bits per heavy atom. The van der Waals surface area contributed by atoms with Gasteiger partial charge in [-0.3, -0.25) is 4.79 Å². The van der Waals surface area contributed by atoms with Crippen molar-refractivity contribution in [2.24, 2.45) is 0 Å². The van der Waals surface area contributed by atoms with Crippen LogP contribution in [0.3, 0.4) is 0 Å². The standard InChI is InChI=1S/C16H18FNO2S2/c1-20-15-5-4-12(9-14(15)17)10-16(19)18-6-8-21-11-13-3-2-7-22-13/h2-5,7,9H,6,8,10-11H2,1H3,(H,18,19). The van der Waals surface area contributed by atoms with Gasteiger partial charge >= 0.3 is 0 Å². The molecule has 1 aromatic carbocycles. The fourth-order valence-electron chi connectivity index (χ4n) is 1.90. The highest BCUT2D eigenvalue weighted by atomic mass is 32.2. The van der Waals surface area contributed by atoms with Crippen LogP contribution in [0.4, 0.5) is 4.39 Å². The molecule has 22 heavy (non-hydrogen) atoms. The van der Waals surface area contributed by atoms with Crippen LogP contribution in [0.5, 0.6) is 5.75 Å². The number of rotatable bonds is 8. The Labute approximate surface area is 137 Å². The Morgan fingerprint density at radius 2 is 2.27 bits per heavy atom. The molecule has 0 saturated carbocycles. The van der Waals surface area contributed by atoms with Gasteiger partial charge in [0.25, 0.3) is 0 Å². The summed E-state index contributed by atoms with van der Waals surface area (Å²) in [6.07, 6.45) is 0.177. The first kappa shape index (κ1) is 16.8. The minimum Gasteiger partial charge on any atom is -0.494 e. The van der Waals surface area contributed by atoms with Gasteiger partial charge in [0.05, 0.1) is 13.5 Å². The molecule has 118 valence electrons. The van der Waals surface area contributed by atoms with Crippen LogP contribution in [-0.4, -0.2) is 25.3 Å². The van der Waals surface area contributed by atoms with Crippen molar-refractivity contribution in [3.8, 4) is 5.75 Å². The molecule has 0 aliphatic heterocycles. The predicted octanol–water partition coefficient (Wildman–Crippen LogP) is 3.49. The van der Waals surface area contributed by atoms with E-state index in [4.69, 9.17) is 4.74 Å². The number of thioether (sulfide) groups is 1. The summed E-state index contributed by atoms with van der Waals surface area (Å²) in [4.78, 5) is 13.1. The Hall–Kier alpha value is -1.53. The zero-order chi connectivity index (χ0) is 15.8. The molecule has 1 amide bonds. The minimum absolute atomic E-state index is 0.0960. The molecule has 0 radical (unpaired) electrons. The molecule has 0 aliphatic rings. The summed E-state index contributed by atoms with van der Waals surface area (Å²) < 4.78 is 18.4. The van der Waals surface area contributed by atoms with Crippen molar-refractivity contribution in [3.63, 3.8) is 0 Å². The summed E-state index contributed by atoms with van der Waals surface area (Å²) in [5.41, 5.74) is 0.641. The monoisotopic (exact) mass is 339 g/mol. The highest BCUT2D eigenvalue weighted by molar-refractivity contribution is 7.98. The van der Waals surface area contributed by atoms with Crippen molar-refractivity contribution < 1.29 is 13.9 Å². The third-order valence-electron chi connectivity index (χ3n) is 2.97. The Morgan fingerprint density at radius 1 is 1.41 bits per heavy atom. The van der Waals surface area contributed by atoms with Gasteiger partial charge < -0.3 is 10.1 Å². The van der Waals surface area contributed by atoms with E-state index >= 15 is 0 Å². The number of thiophene rings is 1. The fourth-order valence-corrected chi connectivity index (χ4v) is 3.60. The van der Waals surface area contributed by atoms with Gasteiger partial charge in [0.1, 0.15) is 0 Å². The number of halogens is 1. The lowest BCUT2D eigenvalue weighted by Gasteiger charge is -2.07. The van der Waals surface area contributed by atoms with Crippen LogP contribution in [-0.2, 0) is 17.0 Å². The number of nitrogens with one attached hydrogen (secondary N) is 1. The lowest BCUT2D eigenvalue weighted by atomic mass is 10.1. The molecule has 0 atom stereocenters. The van der Waals surface area contributed by atoms with Crippen LogP contribution < -0.4 is 10.1 Å². The van der Waals surface area contributed by atoms with E-state index in [1.807, 2.05) is 6.07 Å². The minimum atomic E-state index is -0.445. The van der Waals surface area contributed by atoms with Crippen LogP contribution in [0.1, 0.15) is 10.4 Å². The first-order chi connectivity index (χ1) is 10.7. The van der Waals surface area contributed by atoms with Gasteiger partial charge in [-0.2, -0.15) is 11.8 Å². The molecule has 1 aromatic heterocycles. The summed E-state index contributed by atoms with van der Waals surface area (Å²) in [6.45, 7) is 0.619. The van der Waals surface area contributed by atoms with Crippen molar-refractivity contribution in [2.75, 3.05) is 19.4 Å². The first-order valence-electron chi connectivity index (χ1n) is 6.88. The zero-order valence-corrected chi connectivity index (χ0v) is 13.9. The second-order valence-corrected chi connectivity index (χ2v) is 6.76. The lowest BCUT2D eigenvalue weighted by molar-refractivity contribution is -0.120. The summed E-state index contributed by atoms with van der Waals surface area (Å²) in [6, 6.07) is 8.72. The molecule has 0 bridgehead atoms. The number of ether oxygens (including phenoxy) is 1. The number of hydrogen-bond acceptors (Lipinski definition) is 4. The SMILES string of the molecule is COc1ccc(CC(=O)NCCSCc2cccs2)cc1F. The molecule has 1 heterocycles. The number of benzene rings is 1. The van der Waals surface area contributed by atoms with E-state index in [0.29, 0.717) is 12.1 Å². The summed E-state index contributed by atoms with van der Waals surface area (Å²) in [7, 11) is 1.42. The fraction of sp³-hybridized carbons (Fsp3) is 0.312. The van der Waals surface area contributed by atoms with Gasteiger partial charge in [-0.25, -0.2) is 4.39 Å². The van der Waals surface area contributed by atoms with Gasteiger partial charge in [-0.1, -0.05) is 12.1 Å². The summed E-state index contributed by atoms with van der Waals surface area (Å²) in [5.74, 6) is 1.48. The van der Waals surface area contributed by atoms with Crippen molar-refractivity contribution in [1.29, 1.82) is 0 Å². The van der Waals surface area contributed by atoms with Crippen molar-refractivity contribution in [2.45, 2.75) is 12.2 Å². The number of carbonyl (C=O) groups excluding carboxylic acids is 1. The number of methoxy groups -OCH3 is 1. The molecule has 6 heteroatoms. The Balaban J connectivity index is 1.66. The molecule has 3 nitrogen and oxygen atoms in total. The van der Waals surface area contributed by atoms with E-state index in [1.54, 1.807) is 29.2 Å². The van der Waals surface area contributed by atoms with E-state index in [2.05, 4.69) is 16.8 Å². The molecule has 1 N–H and O–H groups in total. The van der Waals surface area contributed by atoms with Crippen LogP contribution >= 0.6 is 23.1 Å².